The van der Waals surface area contributed by atoms with Crippen LogP contribution in [0.5, 0.6) is 0 Å². The molecule has 1 unspecified atom stereocenters. The predicted octanol–water partition coefficient (Wildman–Crippen LogP) is 2.53. The number of nitrogens with zero attached hydrogens (tertiary/aromatic N) is 3. The van der Waals surface area contributed by atoms with Gasteiger partial charge in [0.05, 0.1) is 17.9 Å². The fraction of sp³-hybridized carbons (Fsp3) is 0.562. The zero-order chi connectivity index (χ0) is 16.4. The van der Waals surface area contributed by atoms with Crippen LogP contribution >= 0.6 is 0 Å². The number of H-pyrrole nitrogens is 1. The maximum atomic E-state index is 13.0. The van der Waals surface area contributed by atoms with Crippen LogP contribution in [0, 0.1) is 13.8 Å². The summed E-state index contributed by atoms with van der Waals surface area (Å²) in [5.74, 6) is 1.99. The second kappa shape index (κ2) is 6.54. The van der Waals surface area contributed by atoms with Crippen LogP contribution in [0.2, 0.25) is 0 Å². The average molecular weight is 318 g/mol. The number of hydrogen-bond donors (Lipinski definition) is 1. The number of furan rings is 1. The smallest absolute Gasteiger partial charge is 0.258 e. The van der Waals surface area contributed by atoms with Crippen molar-refractivity contribution in [2.24, 2.45) is 0 Å². The number of amides is 1. The SMILES string of the molecule is COCc1nc(C2CCCCN2C(=O)c2c(C)coc2C)n[nH]1. The molecule has 124 valence electrons. The highest BCUT2D eigenvalue weighted by molar-refractivity contribution is 5.96. The number of nitrogens with one attached hydrogen (secondary N) is 1. The molecule has 3 heterocycles. The molecule has 0 saturated carbocycles. The van der Waals surface area contributed by atoms with Crippen molar-refractivity contribution >= 4 is 5.91 Å². The Balaban J connectivity index is 1.87. The third kappa shape index (κ3) is 3.01. The van der Waals surface area contributed by atoms with E-state index in [1.54, 1.807) is 13.4 Å². The molecule has 7 nitrogen and oxygen atoms in total. The van der Waals surface area contributed by atoms with Crippen LogP contribution in [0.25, 0.3) is 0 Å². The summed E-state index contributed by atoms with van der Waals surface area (Å²) in [6.45, 7) is 4.81. The zero-order valence-corrected chi connectivity index (χ0v) is 13.8. The van der Waals surface area contributed by atoms with Gasteiger partial charge in [-0.15, -0.1) is 0 Å². The fourth-order valence-electron chi connectivity index (χ4n) is 3.14. The Labute approximate surface area is 135 Å². The highest BCUT2D eigenvalue weighted by Gasteiger charge is 2.33. The van der Waals surface area contributed by atoms with Crippen LogP contribution in [0.3, 0.4) is 0 Å². The minimum Gasteiger partial charge on any atom is -0.469 e. The normalized spacial score (nSPS) is 18.4. The average Bonchev–Trinajstić information content (AvgIpc) is 3.14. The second-order valence-electron chi connectivity index (χ2n) is 5.93. The van der Waals surface area contributed by atoms with Crippen LogP contribution in [0.1, 0.15) is 58.6 Å². The summed E-state index contributed by atoms with van der Waals surface area (Å²) in [6, 6.07) is -0.105. The molecule has 1 amide bonds. The molecule has 2 aromatic heterocycles. The molecule has 0 bridgehead atoms. The first kappa shape index (κ1) is 15.7. The zero-order valence-electron chi connectivity index (χ0n) is 13.8. The molecule has 23 heavy (non-hydrogen) atoms. The van der Waals surface area contributed by atoms with Gasteiger partial charge in [-0.1, -0.05) is 0 Å². The lowest BCUT2D eigenvalue weighted by molar-refractivity contribution is 0.0597. The van der Waals surface area contributed by atoms with Gasteiger partial charge < -0.3 is 14.1 Å². The van der Waals surface area contributed by atoms with Crippen molar-refractivity contribution in [3.63, 3.8) is 0 Å². The predicted molar refractivity (Wildman–Crippen MR) is 82.9 cm³/mol. The number of carbonyl (C=O) groups excluding carboxylic acids is 1. The number of aromatic amines is 1. The largest absolute Gasteiger partial charge is 0.469 e. The van der Waals surface area contributed by atoms with E-state index in [4.69, 9.17) is 9.15 Å². The highest BCUT2D eigenvalue weighted by atomic mass is 16.5. The Hall–Kier alpha value is -2.15. The summed E-state index contributed by atoms with van der Waals surface area (Å²) in [5, 5.41) is 7.16. The van der Waals surface area contributed by atoms with Crippen molar-refractivity contribution in [1.82, 2.24) is 20.1 Å². The van der Waals surface area contributed by atoms with E-state index in [-0.39, 0.29) is 11.9 Å². The van der Waals surface area contributed by atoms with Crippen molar-refractivity contribution in [3.05, 3.63) is 34.8 Å². The van der Waals surface area contributed by atoms with E-state index in [1.807, 2.05) is 18.7 Å². The van der Waals surface area contributed by atoms with Gasteiger partial charge in [0, 0.05) is 19.2 Å². The van der Waals surface area contributed by atoms with Crippen molar-refractivity contribution in [1.29, 1.82) is 0 Å². The van der Waals surface area contributed by atoms with E-state index in [0.717, 1.165) is 24.8 Å². The molecule has 1 N–H and O–H groups in total. The maximum Gasteiger partial charge on any atom is 0.258 e. The molecule has 1 atom stereocenters. The monoisotopic (exact) mass is 318 g/mol. The molecule has 1 aliphatic heterocycles. The summed E-state index contributed by atoms with van der Waals surface area (Å²) in [7, 11) is 1.61. The Morgan fingerprint density at radius 1 is 1.48 bits per heavy atom. The second-order valence-corrected chi connectivity index (χ2v) is 5.93. The summed E-state index contributed by atoms with van der Waals surface area (Å²) >= 11 is 0. The number of aryl methyl sites for hydroxylation is 2. The molecule has 0 aromatic carbocycles. The molecule has 7 heteroatoms. The Bertz CT molecular complexity index is 672. The number of aromatic nitrogens is 3. The number of likely N-dealkylation sites (tertiary alicyclic amines) is 1. The fourth-order valence-corrected chi connectivity index (χ4v) is 3.14. The third-order valence-corrected chi connectivity index (χ3v) is 4.26. The van der Waals surface area contributed by atoms with Gasteiger partial charge in [0.1, 0.15) is 12.4 Å². The van der Waals surface area contributed by atoms with Crippen molar-refractivity contribution < 1.29 is 13.9 Å². The van der Waals surface area contributed by atoms with Gasteiger partial charge >= 0.3 is 0 Å². The first-order chi connectivity index (χ1) is 11.1. The summed E-state index contributed by atoms with van der Waals surface area (Å²) in [4.78, 5) is 19.3. The lowest BCUT2D eigenvalue weighted by Crippen LogP contribution is -2.39. The minimum absolute atomic E-state index is 0.00320. The van der Waals surface area contributed by atoms with Gasteiger partial charge in [-0.05, 0) is 33.1 Å². The van der Waals surface area contributed by atoms with Crippen molar-refractivity contribution in [2.45, 2.75) is 45.8 Å². The van der Waals surface area contributed by atoms with Gasteiger partial charge in [-0.3, -0.25) is 9.89 Å². The summed E-state index contributed by atoms with van der Waals surface area (Å²) < 4.78 is 10.4. The Kier molecular flexibility index (Phi) is 4.47. The summed E-state index contributed by atoms with van der Waals surface area (Å²) in [5.41, 5.74) is 1.52. The van der Waals surface area contributed by atoms with Gasteiger partial charge in [0.2, 0.25) is 0 Å². The minimum atomic E-state index is -0.105. The summed E-state index contributed by atoms with van der Waals surface area (Å²) in [6.07, 6.45) is 4.55. The van der Waals surface area contributed by atoms with Gasteiger partial charge in [-0.25, -0.2) is 4.98 Å². The van der Waals surface area contributed by atoms with Gasteiger partial charge in [0.15, 0.2) is 11.6 Å². The van der Waals surface area contributed by atoms with E-state index < -0.39 is 0 Å². The standard InChI is InChI=1S/C16H22N4O3/c1-10-8-23-11(2)14(10)16(21)20-7-5-4-6-12(20)15-17-13(9-22-3)18-19-15/h8,12H,4-7,9H2,1-3H3,(H,17,18,19). The lowest BCUT2D eigenvalue weighted by atomic mass is 9.99. The van der Waals surface area contributed by atoms with Crippen molar-refractivity contribution in [3.8, 4) is 0 Å². The van der Waals surface area contributed by atoms with E-state index in [2.05, 4.69) is 15.2 Å². The van der Waals surface area contributed by atoms with Gasteiger partial charge in [-0.2, -0.15) is 5.10 Å². The molecule has 0 aliphatic carbocycles. The molecule has 0 radical (unpaired) electrons. The first-order valence-electron chi connectivity index (χ1n) is 7.87. The molecular formula is C16H22N4O3. The highest BCUT2D eigenvalue weighted by Crippen LogP contribution is 2.31. The van der Waals surface area contributed by atoms with E-state index in [0.29, 0.717) is 36.1 Å². The number of rotatable bonds is 4. The first-order valence-corrected chi connectivity index (χ1v) is 7.87. The molecule has 3 rings (SSSR count). The van der Waals surface area contributed by atoms with E-state index in [9.17, 15) is 4.79 Å². The molecule has 1 saturated heterocycles. The topological polar surface area (TPSA) is 84.2 Å². The Morgan fingerprint density at radius 2 is 2.30 bits per heavy atom. The molecule has 2 aromatic rings. The van der Waals surface area contributed by atoms with Crippen LogP contribution in [0.4, 0.5) is 0 Å². The molecular weight excluding hydrogens is 296 g/mol. The number of carbonyl (C=O) groups is 1. The van der Waals surface area contributed by atoms with Crippen LogP contribution < -0.4 is 0 Å². The quantitative estimate of drug-likeness (QED) is 0.936. The number of hydrogen-bond acceptors (Lipinski definition) is 5. The molecule has 1 fully saturated rings. The van der Waals surface area contributed by atoms with E-state index in [1.165, 1.54) is 0 Å². The van der Waals surface area contributed by atoms with Crippen LogP contribution in [-0.2, 0) is 11.3 Å². The van der Waals surface area contributed by atoms with Crippen LogP contribution in [-0.4, -0.2) is 39.6 Å². The molecule has 0 spiro atoms. The van der Waals surface area contributed by atoms with E-state index >= 15 is 0 Å². The number of ether oxygens (including phenoxy) is 1. The maximum absolute atomic E-state index is 13.0. The van der Waals surface area contributed by atoms with Gasteiger partial charge in [0.25, 0.3) is 5.91 Å². The van der Waals surface area contributed by atoms with Crippen molar-refractivity contribution in [2.75, 3.05) is 13.7 Å². The number of methoxy groups -OCH3 is 1. The molecule has 1 aliphatic rings. The number of piperidine rings is 1. The Morgan fingerprint density at radius 3 is 3.00 bits per heavy atom. The third-order valence-electron chi connectivity index (χ3n) is 4.26. The van der Waals surface area contributed by atoms with Crippen LogP contribution in [0.15, 0.2) is 10.7 Å². The lowest BCUT2D eigenvalue weighted by Gasteiger charge is -2.34.